The third-order valence-corrected chi connectivity index (χ3v) is 5.98. The fourth-order valence-electron chi connectivity index (χ4n) is 2.65. The van der Waals surface area contributed by atoms with Gasteiger partial charge < -0.3 is 9.47 Å². The van der Waals surface area contributed by atoms with Gasteiger partial charge >= 0.3 is 0 Å². The van der Waals surface area contributed by atoms with Crippen LogP contribution in [-0.2, 0) is 12.3 Å². The molecule has 2 aromatic carbocycles. The number of hydrogen-bond acceptors (Lipinski definition) is 2. The van der Waals surface area contributed by atoms with E-state index in [4.69, 9.17) is 9.47 Å². The lowest BCUT2D eigenvalue weighted by molar-refractivity contribution is 0.411. The molecule has 0 saturated carbocycles. The second-order valence-electron chi connectivity index (χ2n) is 5.88. The van der Waals surface area contributed by atoms with Crippen LogP contribution in [-0.4, -0.2) is 27.5 Å². The summed E-state index contributed by atoms with van der Waals surface area (Å²) in [7, 11) is 2.35. The van der Waals surface area contributed by atoms with Gasteiger partial charge in [-0.1, -0.05) is 36.4 Å². The lowest BCUT2D eigenvalue weighted by atomic mass is 10.2. The number of ether oxygens (including phenoxy) is 2. The minimum Gasteiger partial charge on any atom is -0.496 e. The molecule has 0 saturated heterocycles. The van der Waals surface area contributed by atoms with Crippen LogP contribution in [0.2, 0.25) is 0 Å². The first kappa shape index (κ1) is 15.9. The summed E-state index contributed by atoms with van der Waals surface area (Å²) in [5, 5.41) is 0. The molecule has 21 heavy (non-hydrogen) atoms. The zero-order chi connectivity index (χ0) is 15.3. The third-order valence-electron chi connectivity index (χ3n) is 3.58. The van der Waals surface area contributed by atoms with Crippen molar-refractivity contribution >= 4 is 7.26 Å². The van der Waals surface area contributed by atoms with Crippen LogP contribution < -0.4 is 9.47 Å². The van der Waals surface area contributed by atoms with Crippen molar-refractivity contribution in [3.8, 4) is 11.5 Å². The van der Waals surface area contributed by atoms with Gasteiger partial charge in [0.1, 0.15) is 11.5 Å². The van der Waals surface area contributed by atoms with Crippen LogP contribution in [0.4, 0.5) is 0 Å². The first-order chi connectivity index (χ1) is 10.1. The Morgan fingerprint density at radius 1 is 0.714 bits per heavy atom. The minimum atomic E-state index is -1.13. The Morgan fingerprint density at radius 2 is 1.10 bits per heavy atom. The van der Waals surface area contributed by atoms with E-state index in [1.165, 1.54) is 11.1 Å². The van der Waals surface area contributed by atoms with Crippen molar-refractivity contribution in [2.24, 2.45) is 0 Å². The highest BCUT2D eigenvalue weighted by atomic mass is 31.2. The first-order valence-electron chi connectivity index (χ1n) is 7.11. The normalized spacial score (nSPS) is 11.2. The molecule has 0 aliphatic heterocycles. The molecule has 2 rings (SSSR count). The maximum absolute atomic E-state index is 5.48. The fraction of sp³-hybridized carbons (Fsp3) is 0.333. The molecule has 0 N–H and O–H groups in total. The molecular formula is C18H24O2P+. The van der Waals surface area contributed by atoms with Gasteiger partial charge in [-0.2, -0.15) is 0 Å². The number of methoxy groups -OCH3 is 2. The number of para-hydroxylation sites is 2. The van der Waals surface area contributed by atoms with E-state index < -0.39 is 7.26 Å². The highest BCUT2D eigenvalue weighted by Crippen LogP contribution is 2.58. The largest absolute Gasteiger partial charge is 0.496 e. The molecule has 0 aliphatic rings. The van der Waals surface area contributed by atoms with Gasteiger partial charge in [0.25, 0.3) is 0 Å². The molecule has 0 aliphatic carbocycles. The van der Waals surface area contributed by atoms with Gasteiger partial charge in [-0.3, -0.25) is 0 Å². The topological polar surface area (TPSA) is 18.5 Å². The number of hydrogen-bond donors (Lipinski definition) is 0. The van der Waals surface area contributed by atoms with Crippen molar-refractivity contribution in [2.75, 3.05) is 27.5 Å². The fourth-order valence-corrected chi connectivity index (χ4v) is 5.12. The Balaban J connectivity index is 2.18. The van der Waals surface area contributed by atoms with Crippen molar-refractivity contribution < 1.29 is 9.47 Å². The highest BCUT2D eigenvalue weighted by molar-refractivity contribution is 7.73. The Hall–Kier alpha value is -1.53. The van der Waals surface area contributed by atoms with Gasteiger partial charge in [0.05, 0.1) is 26.5 Å². The van der Waals surface area contributed by atoms with Crippen LogP contribution in [0.15, 0.2) is 48.5 Å². The first-order valence-corrected chi connectivity index (χ1v) is 10.2. The summed E-state index contributed by atoms with van der Waals surface area (Å²) >= 11 is 0. The van der Waals surface area contributed by atoms with Crippen LogP contribution in [0.25, 0.3) is 0 Å². The molecule has 2 nitrogen and oxygen atoms in total. The van der Waals surface area contributed by atoms with Crippen molar-refractivity contribution in [3.63, 3.8) is 0 Å². The van der Waals surface area contributed by atoms with Gasteiger partial charge in [-0.15, -0.1) is 0 Å². The molecule has 0 fully saturated rings. The molecule has 2 aromatic rings. The van der Waals surface area contributed by atoms with Crippen LogP contribution in [0.5, 0.6) is 11.5 Å². The smallest absolute Gasteiger partial charge is 0.125 e. The monoisotopic (exact) mass is 303 g/mol. The zero-order valence-corrected chi connectivity index (χ0v) is 14.2. The van der Waals surface area contributed by atoms with Gasteiger partial charge in [-0.05, 0) is 12.1 Å². The van der Waals surface area contributed by atoms with Crippen molar-refractivity contribution in [1.82, 2.24) is 0 Å². The Kier molecular flexibility index (Phi) is 5.25. The van der Waals surface area contributed by atoms with Crippen LogP contribution in [0.3, 0.4) is 0 Å². The maximum Gasteiger partial charge on any atom is 0.125 e. The molecule has 0 aromatic heterocycles. The standard InChI is InChI=1S/C18H24O2P/c1-19-17-11-7-5-9-15(17)13-21(3,4)14-16-10-6-8-12-18(16)20-2/h5-12H,13-14H2,1-4H3/q+1. The molecule has 0 spiro atoms. The summed E-state index contributed by atoms with van der Waals surface area (Å²) in [4.78, 5) is 0. The van der Waals surface area contributed by atoms with Crippen LogP contribution in [0, 0.1) is 0 Å². The molecule has 112 valence electrons. The number of benzene rings is 2. The van der Waals surface area contributed by atoms with Gasteiger partial charge in [0.2, 0.25) is 0 Å². The average Bonchev–Trinajstić information content (AvgIpc) is 2.47. The van der Waals surface area contributed by atoms with E-state index in [0.717, 1.165) is 23.8 Å². The van der Waals surface area contributed by atoms with E-state index in [9.17, 15) is 0 Å². The molecular weight excluding hydrogens is 279 g/mol. The molecule has 0 bridgehead atoms. The van der Waals surface area contributed by atoms with Crippen molar-refractivity contribution in [2.45, 2.75) is 12.3 Å². The predicted molar refractivity (Wildman–Crippen MR) is 92.2 cm³/mol. The lowest BCUT2D eigenvalue weighted by Crippen LogP contribution is -2.01. The number of rotatable bonds is 6. The predicted octanol–water partition coefficient (Wildman–Crippen LogP) is 4.68. The van der Waals surface area contributed by atoms with E-state index in [0.29, 0.717) is 0 Å². The van der Waals surface area contributed by atoms with E-state index in [1.807, 2.05) is 24.3 Å². The molecule has 3 heteroatoms. The summed E-state index contributed by atoms with van der Waals surface area (Å²) in [6.07, 6.45) is 2.16. The quantitative estimate of drug-likeness (QED) is 0.721. The minimum absolute atomic E-state index is 0.991. The van der Waals surface area contributed by atoms with Crippen LogP contribution in [0.1, 0.15) is 11.1 Å². The maximum atomic E-state index is 5.48. The van der Waals surface area contributed by atoms with Gasteiger partial charge in [-0.25, -0.2) is 0 Å². The molecule has 0 amide bonds. The van der Waals surface area contributed by atoms with E-state index in [-0.39, 0.29) is 0 Å². The summed E-state index contributed by atoms with van der Waals surface area (Å²) < 4.78 is 11.0. The van der Waals surface area contributed by atoms with E-state index >= 15 is 0 Å². The van der Waals surface area contributed by atoms with Gasteiger partial charge in [0.15, 0.2) is 0 Å². The summed E-state index contributed by atoms with van der Waals surface area (Å²) in [5.74, 6) is 1.98. The third kappa shape index (κ3) is 4.22. The van der Waals surface area contributed by atoms with Crippen molar-refractivity contribution in [1.29, 1.82) is 0 Å². The zero-order valence-electron chi connectivity index (χ0n) is 13.3. The SMILES string of the molecule is COc1ccccc1C[P+](C)(C)Cc1ccccc1OC. The lowest BCUT2D eigenvalue weighted by Gasteiger charge is -2.20. The molecule has 0 unspecified atom stereocenters. The highest BCUT2D eigenvalue weighted by Gasteiger charge is 2.28. The Morgan fingerprint density at radius 3 is 1.48 bits per heavy atom. The summed E-state index contributed by atoms with van der Waals surface area (Å²) in [5.41, 5.74) is 2.60. The molecule has 0 heterocycles. The summed E-state index contributed by atoms with van der Waals surface area (Å²) in [6.45, 7) is 4.79. The van der Waals surface area contributed by atoms with Crippen LogP contribution >= 0.6 is 7.26 Å². The van der Waals surface area contributed by atoms with Gasteiger partial charge in [0, 0.05) is 31.7 Å². The summed E-state index contributed by atoms with van der Waals surface area (Å²) in [6, 6.07) is 16.6. The second-order valence-corrected chi connectivity index (χ2v) is 10.4. The van der Waals surface area contributed by atoms with E-state index in [1.54, 1.807) is 14.2 Å². The molecule has 0 atom stereocenters. The van der Waals surface area contributed by atoms with E-state index in [2.05, 4.69) is 37.6 Å². The Labute approximate surface area is 128 Å². The average molecular weight is 303 g/mol. The molecule has 0 radical (unpaired) electrons. The van der Waals surface area contributed by atoms with Crippen molar-refractivity contribution in [3.05, 3.63) is 59.7 Å². The second kappa shape index (κ2) is 6.95. The Bertz CT molecular complexity index is 542.